The van der Waals surface area contributed by atoms with Crippen LogP contribution in [0.15, 0.2) is 12.4 Å². The third-order valence-electron chi connectivity index (χ3n) is 6.55. The molecule has 2 N–H and O–H groups in total. The van der Waals surface area contributed by atoms with Gasteiger partial charge in [0.05, 0.1) is 12.9 Å². The van der Waals surface area contributed by atoms with E-state index in [9.17, 15) is 31.9 Å². The Labute approximate surface area is 198 Å². The van der Waals surface area contributed by atoms with Crippen LogP contribution in [0, 0.1) is 23.3 Å². The lowest BCUT2D eigenvalue weighted by atomic mass is 9.93. The maximum atomic E-state index is 14.0. The summed E-state index contributed by atoms with van der Waals surface area (Å²) < 4.78 is 56.5. The van der Waals surface area contributed by atoms with Crippen LogP contribution in [0.1, 0.15) is 66.9 Å². The SMILES string of the molecule is CCCN1C(=O)c2c(C(=O)Nc3c(F)c(F)cc(F)c3F)ncn2C[C@]1(C)C(=O)NC1CCCC1. The van der Waals surface area contributed by atoms with Crippen LogP contribution >= 0.6 is 0 Å². The van der Waals surface area contributed by atoms with Crippen molar-refractivity contribution in [1.29, 1.82) is 0 Å². The zero-order chi connectivity index (χ0) is 25.5. The van der Waals surface area contributed by atoms with Crippen molar-refractivity contribution in [2.75, 3.05) is 11.9 Å². The Hall–Kier alpha value is -3.44. The van der Waals surface area contributed by atoms with E-state index in [2.05, 4.69) is 10.3 Å². The van der Waals surface area contributed by atoms with Crippen molar-refractivity contribution in [2.45, 2.75) is 64.1 Å². The number of hydrogen-bond donors (Lipinski definition) is 2. The van der Waals surface area contributed by atoms with E-state index in [0.717, 1.165) is 25.7 Å². The van der Waals surface area contributed by atoms with Crippen LogP contribution < -0.4 is 10.6 Å². The van der Waals surface area contributed by atoms with Crippen molar-refractivity contribution in [1.82, 2.24) is 19.8 Å². The van der Waals surface area contributed by atoms with Crippen LogP contribution in [0.5, 0.6) is 0 Å². The normalized spacial score (nSPS) is 20.2. The maximum Gasteiger partial charge on any atom is 0.276 e. The highest BCUT2D eigenvalue weighted by atomic mass is 19.2. The molecule has 0 spiro atoms. The number of benzene rings is 1. The Kier molecular flexibility index (Phi) is 6.56. The van der Waals surface area contributed by atoms with E-state index in [1.807, 2.05) is 6.92 Å². The highest BCUT2D eigenvalue weighted by Gasteiger charge is 2.49. The molecule has 8 nitrogen and oxygen atoms in total. The molecule has 0 unspecified atom stereocenters. The predicted molar refractivity (Wildman–Crippen MR) is 117 cm³/mol. The summed E-state index contributed by atoms with van der Waals surface area (Å²) in [5, 5.41) is 4.79. The average molecular weight is 495 g/mol. The van der Waals surface area contributed by atoms with E-state index in [4.69, 9.17) is 0 Å². The van der Waals surface area contributed by atoms with Crippen LogP contribution in [-0.4, -0.2) is 50.3 Å². The minimum Gasteiger partial charge on any atom is -0.351 e. The Balaban J connectivity index is 1.66. The fraction of sp³-hybridized carbons (Fsp3) is 0.478. The number of rotatable bonds is 6. The van der Waals surface area contributed by atoms with E-state index in [-0.39, 0.29) is 36.8 Å². The van der Waals surface area contributed by atoms with Gasteiger partial charge in [0.2, 0.25) is 5.91 Å². The average Bonchev–Trinajstić information content (AvgIpc) is 3.48. The Morgan fingerprint density at radius 2 is 1.77 bits per heavy atom. The summed E-state index contributed by atoms with van der Waals surface area (Å²) in [4.78, 5) is 44.8. The van der Waals surface area contributed by atoms with Crippen LogP contribution in [0.3, 0.4) is 0 Å². The van der Waals surface area contributed by atoms with Gasteiger partial charge in [-0.15, -0.1) is 0 Å². The summed E-state index contributed by atoms with van der Waals surface area (Å²) in [5.41, 5.74) is -3.28. The molecular weight excluding hydrogens is 470 g/mol. The van der Waals surface area contributed by atoms with E-state index in [0.29, 0.717) is 6.42 Å². The first-order chi connectivity index (χ1) is 16.6. The van der Waals surface area contributed by atoms with E-state index in [1.165, 1.54) is 15.8 Å². The molecule has 1 fully saturated rings. The van der Waals surface area contributed by atoms with Crippen molar-refractivity contribution in [3.63, 3.8) is 0 Å². The van der Waals surface area contributed by atoms with Crippen molar-refractivity contribution >= 4 is 23.4 Å². The van der Waals surface area contributed by atoms with Gasteiger partial charge in [-0.2, -0.15) is 0 Å². The lowest BCUT2D eigenvalue weighted by Gasteiger charge is -2.44. The summed E-state index contributed by atoms with van der Waals surface area (Å²) in [6.45, 7) is 3.65. The van der Waals surface area contributed by atoms with E-state index >= 15 is 0 Å². The molecule has 2 aliphatic rings. The third kappa shape index (κ3) is 4.25. The lowest BCUT2D eigenvalue weighted by molar-refractivity contribution is -0.133. The fourth-order valence-electron chi connectivity index (χ4n) is 4.69. The Bertz CT molecular complexity index is 1170. The molecular formula is C23H25F4N5O3. The molecule has 12 heteroatoms. The second-order valence-corrected chi connectivity index (χ2v) is 9.05. The largest absolute Gasteiger partial charge is 0.351 e. The molecule has 3 amide bonds. The molecule has 1 atom stereocenters. The van der Waals surface area contributed by atoms with Crippen molar-refractivity contribution < 1.29 is 31.9 Å². The first-order valence-corrected chi connectivity index (χ1v) is 11.4. The molecule has 2 aromatic rings. The van der Waals surface area contributed by atoms with Crippen LogP contribution in [0.25, 0.3) is 0 Å². The van der Waals surface area contributed by atoms with E-state index in [1.54, 1.807) is 12.2 Å². The van der Waals surface area contributed by atoms with Gasteiger partial charge in [0.1, 0.15) is 16.9 Å². The second kappa shape index (κ2) is 9.31. The van der Waals surface area contributed by atoms with Gasteiger partial charge in [0.15, 0.2) is 29.0 Å². The second-order valence-electron chi connectivity index (χ2n) is 9.05. The molecule has 4 rings (SSSR count). The highest BCUT2D eigenvalue weighted by molar-refractivity contribution is 6.11. The number of carbonyl (C=O) groups is 3. The topological polar surface area (TPSA) is 96.3 Å². The van der Waals surface area contributed by atoms with Crippen LogP contribution in [0.2, 0.25) is 0 Å². The smallest absolute Gasteiger partial charge is 0.276 e. The number of hydrogen-bond acceptors (Lipinski definition) is 4. The first kappa shape index (κ1) is 24.7. The molecule has 0 radical (unpaired) electrons. The molecule has 1 aliphatic heterocycles. The van der Waals surface area contributed by atoms with Crippen molar-refractivity contribution in [3.05, 3.63) is 47.1 Å². The lowest BCUT2D eigenvalue weighted by Crippen LogP contribution is -2.65. The van der Waals surface area contributed by atoms with Gasteiger partial charge in [-0.1, -0.05) is 19.8 Å². The standard InChI is InChI=1S/C23H25F4N5O3/c1-3-8-32-21(34)19-18(20(33)30-17-15(26)13(24)9-14(25)16(17)27)28-11-31(19)10-23(32,2)22(35)29-12-6-4-5-7-12/h9,11-12H,3-8,10H2,1-2H3,(H,29,35)(H,30,33)/t23-/m1/s1. The highest BCUT2D eigenvalue weighted by Crippen LogP contribution is 2.31. The number of nitrogens with one attached hydrogen (secondary N) is 2. The number of aromatic nitrogens is 2. The number of amides is 3. The molecule has 1 aromatic carbocycles. The minimum atomic E-state index is -1.79. The number of halogens is 4. The van der Waals surface area contributed by atoms with Gasteiger partial charge in [-0.25, -0.2) is 22.5 Å². The Morgan fingerprint density at radius 1 is 1.14 bits per heavy atom. The number of anilines is 1. The monoisotopic (exact) mass is 495 g/mol. The molecule has 188 valence electrons. The van der Waals surface area contributed by atoms with Crippen LogP contribution in [-0.2, 0) is 11.3 Å². The summed E-state index contributed by atoms with van der Waals surface area (Å²) in [7, 11) is 0. The number of fused-ring (bicyclic) bond motifs is 1. The van der Waals surface area contributed by atoms with Crippen molar-refractivity contribution in [3.8, 4) is 0 Å². The molecule has 0 saturated heterocycles. The molecule has 2 heterocycles. The van der Waals surface area contributed by atoms with E-state index < -0.39 is 52.0 Å². The molecule has 1 aromatic heterocycles. The summed E-state index contributed by atoms with van der Waals surface area (Å²) >= 11 is 0. The number of carbonyl (C=O) groups excluding carboxylic acids is 3. The van der Waals surface area contributed by atoms with Gasteiger partial charge in [0.25, 0.3) is 11.8 Å². The van der Waals surface area contributed by atoms with Gasteiger partial charge in [0, 0.05) is 18.7 Å². The molecule has 0 bridgehead atoms. The fourth-order valence-corrected chi connectivity index (χ4v) is 4.69. The summed E-state index contributed by atoms with van der Waals surface area (Å²) in [5.74, 6) is -9.20. The summed E-state index contributed by atoms with van der Waals surface area (Å²) in [6.07, 6.45) is 5.44. The minimum absolute atomic E-state index is 0.00970. The zero-order valence-corrected chi connectivity index (χ0v) is 19.3. The van der Waals surface area contributed by atoms with Gasteiger partial charge >= 0.3 is 0 Å². The third-order valence-corrected chi connectivity index (χ3v) is 6.55. The molecule has 1 aliphatic carbocycles. The van der Waals surface area contributed by atoms with Gasteiger partial charge in [-0.3, -0.25) is 14.4 Å². The first-order valence-electron chi connectivity index (χ1n) is 11.4. The molecule has 35 heavy (non-hydrogen) atoms. The Morgan fingerprint density at radius 3 is 2.37 bits per heavy atom. The maximum absolute atomic E-state index is 14.0. The van der Waals surface area contributed by atoms with Crippen LogP contribution in [0.4, 0.5) is 23.2 Å². The quantitative estimate of drug-likeness (QED) is 0.475. The summed E-state index contributed by atoms with van der Waals surface area (Å²) in [6, 6.07) is 0.0440. The predicted octanol–water partition coefficient (Wildman–Crippen LogP) is 3.38. The van der Waals surface area contributed by atoms with Gasteiger partial charge in [-0.05, 0) is 26.2 Å². The number of imidazole rings is 1. The van der Waals surface area contributed by atoms with Crippen molar-refractivity contribution in [2.24, 2.45) is 0 Å². The zero-order valence-electron chi connectivity index (χ0n) is 19.3. The van der Waals surface area contributed by atoms with Gasteiger partial charge < -0.3 is 20.1 Å². The molecule has 1 saturated carbocycles. The number of nitrogens with zero attached hydrogens (tertiary/aromatic N) is 3.